The molecular weight excluding hydrogens is 272 g/mol. The zero-order valence-electron chi connectivity index (χ0n) is 13.5. The van der Waals surface area contributed by atoms with Crippen molar-refractivity contribution in [3.63, 3.8) is 0 Å². The number of nitrogens with zero attached hydrogens (tertiary/aromatic N) is 2. The van der Waals surface area contributed by atoms with Gasteiger partial charge in [0.05, 0.1) is 17.6 Å². The van der Waals surface area contributed by atoms with Gasteiger partial charge >= 0.3 is 0 Å². The summed E-state index contributed by atoms with van der Waals surface area (Å²) in [6, 6.07) is 2.11. The highest BCUT2D eigenvalue weighted by Gasteiger charge is 2.15. The molecule has 0 bridgehead atoms. The van der Waals surface area contributed by atoms with Gasteiger partial charge in [0.25, 0.3) is 0 Å². The monoisotopic (exact) mass is 294 g/mol. The number of aromatic nitrogens is 1. The van der Waals surface area contributed by atoms with Crippen LogP contribution in [0.15, 0.2) is 53.4 Å². The van der Waals surface area contributed by atoms with Gasteiger partial charge in [-0.05, 0) is 38.1 Å². The largest absolute Gasteiger partial charge is 0.491 e. The minimum atomic E-state index is 0.571. The molecule has 1 aromatic rings. The van der Waals surface area contributed by atoms with Gasteiger partial charge in [-0.25, -0.2) is 0 Å². The summed E-state index contributed by atoms with van der Waals surface area (Å²) in [5.74, 6) is 0.807. The molecule has 1 aliphatic rings. The lowest BCUT2D eigenvalue weighted by Crippen LogP contribution is -2.29. The molecule has 0 spiro atoms. The smallest absolute Gasteiger partial charge is 0.128 e. The van der Waals surface area contributed by atoms with E-state index in [1.54, 1.807) is 6.08 Å². The van der Waals surface area contributed by atoms with Crippen molar-refractivity contribution in [2.75, 3.05) is 13.2 Å². The maximum Gasteiger partial charge on any atom is 0.128 e. The predicted molar refractivity (Wildman–Crippen MR) is 93.2 cm³/mol. The first-order valence-electron chi connectivity index (χ1n) is 7.51. The Balaban J connectivity index is 2.66. The van der Waals surface area contributed by atoms with Gasteiger partial charge in [-0.1, -0.05) is 30.9 Å². The van der Waals surface area contributed by atoms with E-state index in [4.69, 9.17) is 4.74 Å². The van der Waals surface area contributed by atoms with E-state index in [1.165, 1.54) is 0 Å². The summed E-state index contributed by atoms with van der Waals surface area (Å²) < 4.78 is 5.77. The van der Waals surface area contributed by atoms with E-state index in [0.717, 1.165) is 33.2 Å². The molecule has 0 aromatic carbocycles. The Morgan fingerprint density at radius 2 is 2.05 bits per heavy atom. The Labute approximate surface area is 131 Å². The van der Waals surface area contributed by atoms with E-state index in [0.29, 0.717) is 13.2 Å². The molecule has 0 unspecified atom stereocenters. The fourth-order valence-corrected chi connectivity index (χ4v) is 2.42. The fourth-order valence-electron chi connectivity index (χ4n) is 2.42. The summed E-state index contributed by atoms with van der Waals surface area (Å²) in [5, 5.41) is 2.08. The molecular formula is C19H22N2O. The molecule has 1 aliphatic heterocycles. The van der Waals surface area contributed by atoms with E-state index >= 15 is 0 Å². The van der Waals surface area contributed by atoms with Gasteiger partial charge in [0.15, 0.2) is 0 Å². The summed E-state index contributed by atoms with van der Waals surface area (Å²) in [5.41, 5.74) is 2.78. The highest BCUT2D eigenvalue weighted by Crippen LogP contribution is 2.18. The lowest BCUT2D eigenvalue weighted by Gasteiger charge is -2.09. The van der Waals surface area contributed by atoms with Gasteiger partial charge < -0.3 is 4.74 Å². The molecule has 2 heterocycles. The number of pyridine rings is 1. The molecule has 0 N–H and O–H groups in total. The minimum absolute atomic E-state index is 0.571. The average molecular weight is 294 g/mol. The standard InChI is InChI=1S/C19H22N2O/c1-5-9-18-16(7-3)19(20-10-11-22-18)15-12-14(6-2)17(8-4)21-13-15/h5-9,12-13H,3,10-11H2,1-2,4H3/b9-5-,14-6-,17-8+. The van der Waals surface area contributed by atoms with E-state index in [2.05, 4.69) is 28.7 Å². The number of aliphatic imine (C=N–C) groups is 1. The molecule has 114 valence electrons. The van der Waals surface area contributed by atoms with Crippen LogP contribution in [-0.4, -0.2) is 23.8 Å². The van der Waals surface area contributed by atoms with Crippen molar-refractivity contribution < 1.29 is 4.74 Å². The first-order valence-corrected chi connectivity index (χ1v) is 7.51. The third-order valence-corrected chi connectivity index (χ3v) is 3.47. The number of allylic oxidation sites excluding steroid dienone is 4. The highest BCUT2D eigenvalue weighted by molar-refractivity contribution is 6.14. The van der Waals surface area contributed by atoms with Crippen LogP contribution in [-0.2, 0) is 4.74 Å². The van der Waals surface area contributed by atoms with Gasteiger partial charge in [0, 0.05) is 17.3 Å². The zero-order valence-corrected chi connectivity index (χ0v) is 13.5. The molecule has 0 amide bonds. The number of hydrogen-bond donors (Lipinski definition) is 0. The van der Waals surface area contributed by atoms with Crippen LogP contribution in [0, 0.1) is 0 Å². The number of ether oxygens (including phenoxy) is 1. The maximum atomic E-state index is 5.77. The summed E-state index contributed by atoms with van der Waals surface area (Å²) in [6.45, 7) is 11.1. The predicted octanol–water partition coefficient (Wildman–Crippen LogP) is 2.52. The van der Waals surface area contributed by atoms with Crippen molar-refractivity contribution in [2.45, 2.75) is 20.8 Å². The van der Waals surface area contributed by atoms with Crippen LogP contribution < -0.4 is 10.6 Å². The molecule has 3 nitrogen and oxygen atoms in total. The topological polar surface area (TPSA) is 34.5 Å². The Kier molecular flexibility index (Phi) is 5.48. The lowest BCUT2D eigenvalue weighted by atomic mass is 10.0. The van der Waals surface area contributed by atoms with Crippen LogP contribution in [0.1, 0.15) is 26.3 Å². The van der Waals surface area contributed by atoms with Crippen LogP contribution in [0.2, 0.25) is 0 Å². The average Bonchev–Trinajstić information content (AvgIpc) is 2.76. The van der Waals surface area contributed by atoms with Crippen molar-refractivity contribution in [1.82, 2.24) is 4.98 Å². The first kappa shape index (κ1) is 16.0. The van der Waals surface area contributed by atoms with Crippen molar-refractivity contribution in [1.29, 1.82) is 0 Å². The maximum absolute atomic E-state index is 5.77. The van der Waals surface area contributed by atoms with E-state index < -0.39 is 0 Å². The molecule has 0 radical (unpaired) electrons. The van der Waals surface area contributed by atoms with Gasteiger partial charge in [-0.15, -0.1) is 0 Å². The summed E-state index contributed by atoms with van der Waals surface area (Å²) in [7, 11) is 0. The Morgan fingerprint density at radius 3 is 2.68 bits per heavy atom. The minimum Gasteiger partial charge on any atom is -0.491 e. The molecule has 22 heavy (non-hydrogen) atoms. The number of rotatable bonds is 3. The number of hydrogen-bond acceptors (Lipinski definition) is 3. The van der Waals surface area contributed by atoms with E-state index in [1.807, 2.05) is 45.2 Å². The molecule has 2 rings (SSSR count). The van der Waals surface area contributed by atoms with Crippen molar-refractivity contribution in [2.24, 2.45) is 4.99 Å². The summed E-state index contributed by atoms with van der Waals surface area (Å²) in [4.78, 5) is 9.20. The molecule has 0 aliphatic carbocycles. The van der Waals surface area contributed by atoms with Crippen LogP contribution in [0.25, 0.3) is 12.2 Å². The van der Waals surface area contributed by atoms with E-state index in [-0.39, 0.29) is 0 Å². The van der Waals surface area contributed by atoms with E-state index in [9.17, 15) is 0 Å². The highest BCUT2D eigenvalue weighted by atomic mass is 16.5. The molecule has 0 saturated heterocycles. The lowest BCUT2D eigenvalue weighted by molar-refractivity contribution is 0.235. The normalized spacial score (nSPS) is 17.5. The molecule has 0 atom stereocenters. The first-order chi connectivity index (χ1) is 10.7. The van der Waals surface area contributed by atoms with Gasteiger partial charge in [0.1, 0.15) is 12.4 Å². The zero-order chi connectivity index (χ0) is 15.9. The summed E-state index contributed by atoms with van der Waals surface area (Å²) >= 11 is 0. The quantitative estimate of drug-likeness (QED) is 0.858. The second-order valence-corrected chi connectivity index (χ2v) is 4.84. The summed E-state index contributed by atoms with van der Waals surface area (Å²) in [6.07, 6.45) is 11.6. The van der Waals surface area contributed by atoms with Crippen LogP contribution in [0.5, 0.6) is 0 Å². The Bertz CT molecular complexity index is 767. The van der Waals surface area contributed by atoms with Crippen LogP contribution in [0.3, 0.4) is 0 Å². The van der Waals surface area contributed by atoms with Crippen molar-refractivity contribution in [3.8, 4) is 0 Å². The van der Waals surface area contributed by atoms with Crippen LogP contribution >= 0.6 is 0 Å². The second-order valence-electron chi connectivity index (χ2n) is 4.84. The third-order valence-electron chi connectivity index (χ3n) is 3.47. The molecule has 3 heteroatoms. The third kappa shape index (κ3) is 3.25. The van der Waals surface area contributed by atoms with Crippen LogP contribution in [0.4, 0.5) is 0 Å². The molecule has 0 fully saturated rings. The van der Waals surface area contributed by atoms with Gasteiger partial charge in [0.2, 0.25) is 0 Å². The Hall–Kier alpha value is -2.42. The van der Waals surface area contributed by atoms with Crippen molar-refractivity contribution in [3.05, 3.63) is 64.5 Å². The fraction of sp³-hybridized carbons (Fsp3) is 0.263. The van der Waals surface area contributed by atoms with Gasteiger partial charge in [-0.2, -0.15) is 0 Å². The molecule has 1 aromatic heterocycles. The van der Waals surface area contributed by atoms with Gasteiger partial charge in [-0.3, -0.25) is 9.98 Å². The molecule has 0 saturated carbocycles. The van der Waals surface area contributed by atoms with Crippen molar-refractivity contribution >= 4 is 17.9 Å². The SMILES string of the molecule is C=CC1=C(/C=C\C)OCCN=C1c1cnc(=C/C)/c(=C\C)c1. The Morgan fingerprint density at radius 1 is 1.23 bits per heavy atom. The second kappa shape index (κ2) is 7.55.